The van der Waals surface area contributed by atoms with E-state index in [4.69, 9.17) is 4.74 Å². The molecule has 0 bridgehead atoms. The minimum absolute atomic E-state index is 0.213. The van der Waals surface area contributed by atoms with Crippen LogP contribution in [0, 0.1) is 11.8 Å². The molecule has 0 aromatic heterocycles. The predicted molar refractivity (Wildman–Crippen MR) is 47.3 cm³/mol. The highest BCUT2D eigenvalue weighted by molar-refractivity contribution is 5.17. The average Bonchev–Trinajstić information content (AvgIpc) is 2.45. The van der Waals surface area contributed by atoms with Crippen LogP contribution in [0.1, 0.15) is 0 Å². The summed E-state index contributed by atoms with van der Waals surface area (Å²) in [5.74, 6) is 0.700. The van der Waals surface area contributed by atoms with E-state index in [0.29, 0.717) is 11.8 Å². The van der Waals surface area contributed by atoms with Crippen LogP contribution in [0.5, 0.6) is 0 Å². The second kappa shape index (κ2) is 3.54. The lowest BCUT2D eigenvalue weighted by molar-refractivity contribution is 0.0718. The molecule has 1 rings (SSSR count). The van der Waals surface area contributed by atoms with Crippen LogP contribution < -0.4 is 0 Å². The Morgan fingerprint density at radius 1 is 1.18 bits per heavy atom. The third kappa shape index (κ3) is 1.43. The van der Waals surface area contributed by atoms with Crippen molar-refractivity contribution in [3.05, 3.63) is 37.5 Å². The summed E-state index contributed by atoms with van der Waals surface area (Å²) < 4.78 is 5.31. The molecule has 0 aromatic rings. The first-order valence-corrected chi connectivity index (χ1v) is 3.79. The van der Waals surface area contributed by atoms with Gasteiger partial charge in [0.25, 0.3) is 0 Å². The van der Waals surface area contributed by atoms with Crippen molar-refractivity contribution in [1.82, 2.24) is 0 Å². The normalized spacial score (nSPS) is 35.5. The predicted octanol–water partition coefficient (Wildman–Crippen LogP) is 2.18. The van der Waals surface area contributed by atoms with Gasteiger partial charge in [-0.05, 0) is 0 Å². The van der Waals surface area contributed by atoms with Crippen molar-refractivity contribution in [2.24, 2.45) is 11.8 Å². The maximum absolute atomic E-state index is 5.31. The summed E-state index contributed by atoms with van der Waals surface area (Å²) in [5.41, 5.74) is 0. The van der Waals surface area contributed by atoms with Gasteiger partial charge in [0.2, 0.25) is 0 Å². The fourth-order valence-electron chi connectivity index (χ4n) is 1.47. The highest BCUT2D eigenvalue weighted by Crippen LogP contribution is 2.27. The van der Waals surface area contributed by atoms with E-state index >= 15 is 0 Å². The van der Waals surface area contributed by atoms with E-state index in [-0.39, 0.29) is 6.10 Å². The Kier molecular flexibility index (Phi) is 2.66. The Balaban J connectivity index is 2.68. The van der Waals surface area contributed by atoms with E-state index in [0.717, 1.165) is 0 Å². The lowest BCUT2D eigenvalue weighted by Crippen LogP contribution is -2.21. The van der Waals surface area contributed by atoms with E-state index in [2.05, 4.69) is 25.3 Å². The quantitative estimate of drug-likeness (QED) is 0.560. The van der Waals surface area contributed by atoms with Gasteiger partial charge in [0.05, 0.1) is 6.10 Å². The molecule has 0 amide bonds. The number of ether oxygens (including phenoxy) is 1. The minimum atomic E-state index is 0.213. The minimum Gasteiger partial charge on any atom is -0.380 e. The Bertz CT molecular complexity index is 163. The van der Waals surface area contributed by atoms with Gasteiger partial charge in [-0.25, -0.2) is 0 Å². The van der Waals surface area contributed by atoms with Crippen LogP contribution in [0.2, 0.25) is 0 Å². The molecule has 0 saturated carbocycles. The molecule has 1 nitrogen and oxygen atoms in total. The molecular weight excluding hydrogens is 136 g/mol. The van der Waals surface area contributed by atoms with Gasteiger partial charge < -0.3 is 4.74 Å². The zero-order valence-electron chi connectivity index (χ0n) is 6.86. The summed E-state index contributed by atoms with van der Waals surface area (Å²) in [4.78, 5) is 0. The maximum Gasteiger partial charge on any atom is 0.0765 e. The molecule has 0 spiro atoms. The first-order valence-electron chi connectivity index (χ1n) is 3.79. The van der Waals surface area contributed by atoms with E-state index < -0.39 is 0 Å². The lowest BCUT2D eigenvalue weighted by Gasteiger charge is -2.18. The molecule has 11 heavy (non-hydrogen) atoms. The molecule has 0 N–H and O–H groups in total. The monoisotopic (exact) mass is 150 g/mol. The summed E-state index contributed by atoms with van der Waals surface area (Å²) in [6.45, 7) is 7.49. The van der Waals surface area contributed by atoms with E-state index in [9.17, 15) is 0 Å². The number of hydrogen-bond acceptors (Lipinski definition) is 1. The van der Waals surface area contributed by atoms with Gasteiger partial charge in [-0.15, -0.1) is 13.2 Å². The van der Waals surface area contributed by atoms with Crippen molar-refractivity contribution in [3.63, 3.8) is 0 Å². The topological polar surface area (TPSA) is 9.23 Å². The average molecular weight is 150 g/mol. The summed E-state index contributed by atoms with van der Waals surface area (Å²) in [6, 6.07) is 0. The van der Waals surface area contributed by atoms with E-state index in [1.54, 1.807) is 7.11 Å². The highest BCUT2D eigenvalue weighted by Gasteiger charge is 2.27. The molecule has 0 heterocycles. The van der Waals surface area contributed by atoms with Gasteiger partial charge in [0.1, 0.15) is 0 Å². The van der Waals surface area contributed by atoms with Gasteiger partial charge in [-0.2, -0.15) is 0 Å². The lowest BCUT2D eigenvalue weighted by atomic mass is 9.99. The van der Waals surface area contributed by atoms with Gasteiger partial charge in [-0.1, -0.05) is 24.3 Å². The van der Waals surface area contributed by atoms with E-state index in [1.807, 2.05) is 12.2 Å². The summed E-state index contributed by atoms with van der Waals surface area (Å²) in [5, 5.41) is 0. The van der Waals surface area contributed by atoms with Crippen LogP contribution in [0.3, 0.4) is 0 Å². The molecule has 0 aromatic carbocycles. The zero-order valence-corrected chi connectivity index (χ0v) is 6.86. The van der Waals surface area contributed by atoms with Gasteiger partial charge in [0.15, 0.2) is 0 Å². The second-order valence-corrected chi connectivity index (χ2v) is 2.71. The second-order valence-electron chi connectivity index (χ2n) is 2.71. The van der Waals surface area contributed by atoms with Crippen LogP contribution in [-0.2, 0) is 4.74 Å². The van der Waals surface area contributed by atoms with Crippen LogP contribution >= 0.6 is 0 Å². The van der Waals surface area contributed by atoms with Gasteiger partial charge in [-0.3, -0.25) is 0 Å². The van der Waals surface area contributed by atoms with Crippen molar-refractivity contribution >= 4 is 0 Å². The first-order chi connectivity index (χ1) is 5.33. The van der Waals surface area contributed by atoms with Crippen LogP contribution in [0.25, 0.3) is 0 Å². The van der Waals surface area contributed by atoms with Gasteiger partial charge >= 0.3 is 0 Å². The molecule has 0 fully saturated rings. The van der Waals surface area contributed by atoms with Crippen molar-refractivity contribution < 1.29 is 4.74 Å². The molecule has 1 aliphatic carbocycles. The fraction of sp³-hybridized carbons (Fsp3) is 0.400. The molecule has 60 valence electrons. The van der Waals surface area contributed by atoms with Gasteiger partial charge in [0, 0.05) is 18.9 Å². The van der Waals surface area contributed by atoms with E-state index in [1.165, 1.54) is 0 Å². The summed E-state index contributed by atoms with van der Waals surface area (Å²) in [7, 11) is 1.73. The molecular formula is C10H14O. The zero-order chi connectivity index (χ0) is 8.27. The standard InChI is InChI=1S/C10H14O/c1-4-8-6-7-9(5-2)10(8)11-3/h4-10H,1-2H2,3H3/t8-,9+,10?. The SMILES string of the molecule is C=C[C@@H]1C=C[C@H](C=C)C1OC. The Morgan fingerprint density at radius 2 is 1.64 bits per heavy atom. The smallest absolute Gasteiger partial charge is 0.0765 e. The van der Waals surface area contributed by atoms with Crippen molar-refractivity contribution in [1.29, 1.82) is 0 Å². The Hall–Kier alpha value is -0.820. The van der Waals surface area contributed by atoms with Crippen LogP contribution in [0.4, 0.5) is 0 Å². The molecule has 1 aliphatic rings. The summed E-state index contributed by atoms with van der Waals surface area (Å²) in [6.07, 6.45) is 8.27. The van der Waals surface area contributed by atoms with Crippen LogP contribution in [0.15, 0.2) is 37.5 Å². The largest absolute Gasteiger partial charge is 0.380 e. The fourth-order valence-corrected chi connectivity index (χ4v) is 1.47. The number of rotatable bonds is 3. The molecule has 1 heteroatoms. The van der Waals surface area contributed by atoms with Crippen molar-refractivity contribution in [2.45, 2.75) is 6.10 Å². The third-order valence-electron chi connectivity index (χ3n) is 2.13. The first kappa shape index (κ1) is 8.28. The third-order valence-corrected chi connectivity index (χ3v) is 2.13. The summed E-state index contributed by atoms with van der Waals surface area (Å²) >= 11 is 0. The number of methoxy groups -OCH3 is 1. The Labute approximate surface area is 68.1 Å². The molecule has 1 unspecified atom stereocenters. The molecule has 0 aliphatic heterocycles. The van der Waals surface area contributed by atoms with Crippen molar-refractivity contribution in [2.75, 3.05) is 7.11 Å². The molecule has 3 atom stereocenters. The highest BCUT2D eigenvalue weighted by atomic mass is 16.5. The molecule has 0 radical (unpaired) electrons. The maximum atomic E-state index is 5.31. The molecule has 0 saturated heterocycles. The van der Waals surface area contributed by atoms with Crippen molar-refractivity contribution in [3.8, 4) is 0 Å². The van der Waals surface area contributed by atoms with Crippen LogP contribution in [-0.4, -0.2) is 13.2 Å². The number of hydrogen-bond donors (Lipinski definition) is 0. The Morgan fingerprint density at radius 3 is 1.91 bits per heavy atom.